The summed E-state index contributed by atoms with van der Waals surface area (Å²) >= 11 is 0. The molecule has 0 bridgehead atoms. The lowest BCUT2D eigenvalue weighted by Crippen LogP contribution is -2.15. The summed E-state index contributed by atoms with van der Waals surface area (Å²) in [5.74, 6) is -0.126. The molecule has 0 fully saturated rings. The third-order valence-electron chi connectivity index (χ3n) is 6.27. The van der Waals surface area contributed by atoms with Gasteiger partial charge in [-0.05, 0) is 32.1 Å². The van der Waals surface area contributed by atoms with E-state index in [9.17, 15) is 9.36 Å². The van der Waals surface area contributed by atoms with E-state index in [0.717, 1.165) is 77.0 Å². The van der Waals surface area contributed by atoms with E-state index in [2.05, 4.69) is 20.8 Å². The Labute approximate surface area is 205 Å². The summed E-state index contributed by atoms with van der Waals surface area (Å²) < 4.78 is 30.6. The van der Waals surface area contributed by atoms with Gasteiger partial charge >= 0.3 is 13.6 Å². The van der Waals surface area contributed by atoms with Crippen molar-refractivity contribution in [2.75, 3.05) is 20.3 Å². The number of carbonyl (C=O) groups excluding carboxylic acids is 1. The zero-order chi connectivity index (χ0) is 24.6. The Hall–Kier alpha value is -0.380. The normalized spacial score (nSPS) is 12.7. The average molecular weight is 491 g/mol. The van der Waals surface area contributed by atoms with Crippen LogP contribution in [0.15, 0.2) is 0 Å². The first-order chi connectivity index (χ1) is 16.0. The fourth-order valence-corrected chi connectivity index (χ4v) is 6.26. The number of ether oxygens (including phenoxy) is 1. The minimum absolute atomic E-state index is 0.0110. The van der Waals surface area contributed by atoms with Crippen molar-refractivity contribution in [1.82, 2.24) is 0 Å². The summed E-state index contributed by atoms with van der Waals surface area (Å²) in [6, 6.07) is 0. The molecule has 0 aromatic carbocycles. The largest absolute Gasteiger partial charge is 0.469 e. The van der Waals surface area contributed by atoms with Crippen molar-refractivity contribution in [3.8, 4) is 0 Å². The van der Waals surface area contributed by atoms with Crippen LogP contribution < -0.4 is 0 Å². The number of rotatable bonds is 25. The molecule has 0 radical (unpaired) electrons. The summed E-state index contributed by atoms with van der Waals surface area (Å²) in [5, 5.41) is 0. The molecule has 0 rings (SSSR count). The first-order valence-electron chi connectivity index (χ1n) is 14.0. The Kier molecular flexibility index (Phi) is 23.1. The minimum Gasteiger partial charge on any atom is -0.469 e. The third-order valence-corrected chi connectivity index (χ3v) is 8.77. The standard InChI is InChI=1S/C27H55O5P/c1-5-8-11-12-13-15-18-21-26(22-19-16-14-17-20-23-27(28)30-4)33(29,31-24-9-6-2)32-25-10-7-3/h26H,5-25H2,1-4H3. The Morgan fingerprint density at radius 3 is 1.52 bits per heavy atom. The van der Waals surface area contributed by atoms with Gasteiger partial charge in [-0.1, -0.05) is 104 Å². The van der Waals surface area contributed by atoms with Crippen LogP contribution in [-0.2, 0) is 23.1 Å². The van der Waals surface area contributed by atoms with E-state index in [0.29, 0.717) is 19.6 Å². The molecule has 0 heterocycles. The topological polar surface area (TPSA) is 61.8 Å². The fourth-order valence-electron chi connectivity index (χ4n) is 4.00. The van der Waals surface area contributed by atoms with Crippen molar-refractivity contribution in [3.05, 3.63) is 0 Å². The van der Waals surface area contributed by atoms with Gasteiger partial charge in [0.2, 0.25) is 0 Å². The Bertz CT molecular complexity index is 469. The smallest absolute Gasteiger partial charge is 0.333 e. The molecule has 0 aromatic heterocycles. The number of methoxy groups -OCH3 is 1. The molecule has 0 aliphatic heterocycles. The van der Waals surface area contributed by atoms with Gasteiger partial charge in [-0.2, -0.15) is 0 Å². The van der Waals surface area contributed by atoms with Crippen LogP contribution in [0.2, 0.25) is 0 Å². The van der Waals surface area contributed by atoms with E-state index in [-0.39, 0.29) is 11.6 Å². The van der Waals surface area contributed by atoms with E-state index >= 15 is 0 Å². The molecule has 1 atom stereocenters. The van der Waals surface area contributed by atoms with Crippen LogP contribution in [0.25, 0.3) is 0 Å². The van der Waals surface area contributed by atoms with Gasteiger partial charge in [0.1, 0.15) is 0 Å². The molecule has 0 amide bonds. The summed E-state index contributed by atoms with van der Waals surface area (Å²) in [6.07, 6.45) is 20.2. The maximum Gasteiger partial charge on any atom is 0.333 e. The van der Waals surface area contributed by atoms with Gasteiger partial charge in [0.25, 0.3) is 0 Å². The molecule has 0 saturated heterocycles. The van der Waals surface area contributed by atoms with Crippen molar-refractivity contribution >= 4 is 13.6 Å². The lowest BCUT2D eigenvalue weighted by atomic mass is 10.0. The first-order valence-corrected chi connectivity index (χ1v) is 15.6. The monoisotopic (exact) mass is 490 g/mol. The molecular weight excluding hydrogens is 435 g/mol. The van der Waals surface area contributed by atoms with Gasteiger partial charge in [0.05, 0.1) is 26.0 Å². The lowest BCUT2D eigenvalue weighted by molar-refractivity contribution is -0.140. The molecule has 0 spiro atoms. The van der Waals surface area contributed by atoms with Crippen LogP contribution in [0, 0.1) is 0 Å². The number of hydrogen-bond donors (Lipinski definition) is 0. The highest BCUT2D eigenvalue weighted by Crippen LogP contribution is 2.56. The maximum absolute atomic E-state index is 13.8. The molecule has 5 nitrogen and oxygen atoms in total. The van der Waals surface area contributed by atoms with Gasteiger partial charge in [0.15, 0.2) is 0 Å². The van der Waals surface area contributed by atoms with Crippen molar-refractivity contribution in [2.24, 2.45) is 0 Å². The van der Waals surface area contributed by atoms with Crippen LogP contribution in [-0.4, -0.2) is 32.0 Å². The van der Waals surface area contributed by atoms with Crippen LogP contribution in [0.1, 0.15) is 143 Å². The fraction of sp³-hybridized carbons (Fsp3) is 0.963. The first kappa shape index (κ1) is 32.6. The highest BCUT2D eigenvalue weighted by atomic mass is 31.2. The highest BCUT2D eigenvalue weighted by Gasteiger charge is 2.35. The van der Waals surface area contributed by atoms with E-state index in [4.69, 9.17) is 13.8 Å². The van der Waals surface area contributed by atoms with Gasteiger partial charge < -0.3 is 13.8 Å². The van der Waals surface area contributed by atoms with Gasteiger partial charge in [0, 0.05) is 6.42 Å². The zero-order valence-electron chi connectivity index (χ0n) is 22.4. The minimum atomic E-state index is -3.09. The quantitative estimate of drug-likeness (QED) is 0.0725. The van der Waals surface area contributed by atoms with E-state index in [1.54, 1.807) is 0 Å². The third kappa shape index (κ3) is 18.6. The Morgan fingerprint density at radius 1 is 0.636 bits per heavy atom. The Balaban J connectivity index is 4.70. The molecule has 0 N–H and O–H groups in total. The molecule has 33 heavy (non-hydrogen) atoms. The molecule has 6 heteroatoms. The zero-order valence-corrected chi connectivity index (χ0v) is 23.3. The number of unbranched alkanes of at least 4 members (excludes halogenated alkanes) is 12. The Morgan fingerprint density at radius 2 is 1.06 bits per heavy atom. The molecule has 0 aliphatic rings. The molecule has 1 unspecified atom stereocenters. The average Bonchev–Trinajstić information content (AvgIpc) is 2.81. The van der Waals surface area contributed by atoms with Crippen LogP contribution in [0.3, 0.4) is 0 Å². The molecule has 0 aromatic rings. The van der Waals surface area contributed by atoms with Gasteiger partial charge in [-0.3, -0.25) is 9.36 Å². The highest BCUT2D eigenvalue weighted by molar-refractivity contribution is 7.54. The summed E-state index contributed by atoms with van der Waals surface area (Å²) in [5.41, 5.74) is 0.0110. The van der Waals surface area contributed by atoms with Gasteiger partial charge in [-0.25, -0.2) is 0 Å². The summed E-state index contributed by atoms with van der Waals surface area (Å²) in [4.78, 5) is 11.2. The van der Waals surface area contributed by atoms with E-state index in [1.807, 2.05) is 0 Å². The van der Waals surface area contributed by atoms with Crippen molar-refractivity contribution in [2.45, 2.75) is 148 Å². The number of esters is 1. The lowest BCUT2D eigenvalue weighted by Gasteiger charge is -2.27. The summed E-state index contributed by atoms with van der Waals surface area (Å²) in [6.45, 7) is 7.56. The second-order valence-electron chi connectivity index (χ2n) is 9.36. The van der Waals surface area contributed by atoms with Crippen molar-refractivity contribution in [3.63, 3.8) is 0 Å². The molecule has 198 valence electrons. The van der Waals surface area contributed by atoms with Crippen molar-refractivity contribution < 1.29 is 23.1 Å². The maximum atomic E-state index is 13.8. The second-order valence-corrected chi connectivity index (χ2v) is 11.7. The number of hydrogen-bond acceptors (Lipinski definition) is 5. The van der Waals surface area contributed by atoms with Crippen LogP contribution in [0.5, 0.6) is 0 Å². The predicted octanol–water partition coefficient (Wildman–Crippen LogP) is 9.23. The molecular formula is C27H55O5P. The molecule has 0 saturated carbocycles. The predicted molar refractivity (Wildman–Crippen MR) is 140 cm³/mol. The van der Waals surface area contributed by atoms with Gasteiger partial charge in [-0.15, -0.1) is 0 Å². The van der Waals surface area contributed by atoms with E-state index < -0.39 is 7.60 Å². The van der Waals surface area contributed by atoms with Crippen LogP contribution >= 0.6 is 7.60 Å². The van der Waals surface area contributed by atoms with Crippen molar-refractivity contribution in [1.29, 1.82) is 0 Å². The molecule has 0 aliphatic carbocycles. The van der Waals surface area contributed by atoms with Crippen LogP contribution in [0.4, 0.5) is 0 Å². The number of carbonyl (C=O) groups is 1. The second kappa shape index (κ2) is 23.4. The summed E-state index contributed by atoms with van der Waals surface area (Å²) in [7, 11) is -1.65. The SMILES string of the molecule is CCCCCCCCCC(CCCCCCCC(=O)OC)P(=O)(OCCCC)OCCCC. The van der Waals surface area contributed by atoms with E-state index in [1.165, 1.54) is 45.6 Å².